The summed E-state index contributed by atoms with van der Waals surface area (Å²) in [6, 6.07) is 13.6. The Morgan fingerprint density at radius 1 is 0.538 bits per heavy atom. The van der Waals surface area contributed by atoms with Crippen LogP contribution in [0.2, 0.25) is 0 Å². The summed E-state index contributed by atoms with van der Waals surface area (Å²) in [6.07, 6.45) is -0.473. The van der Waals surface area contributed by atoms with Gasteiger partial charge in [0, 0.05) is 24.0 Å². The maximum Gasteiger partial charge on any atom is 0.303 e. The Hall–Kier alpha value is -3.28. The molecule has 2 rings (SSSR count). The summed E-state index contributed by atoms with van der Waals surface area (Å²) >= 11 is 0. The van der Waals surface area contributed by atoms with E-state index in [1.165, 1.54) is 0 Å². The zero-order chi connectivity index (χ0) is 19.1. The molecule has 6 nitrogen and oxygen atoms in total. The number of carboxylic acid groups (broad SMARTS) is 2. The van der Waals surface area contributed by atoms with E-state index in [9.17, 15) is 19.2 Å². The van der Waals surface area contributed by atoms with Crippen LogP contribution in [0.5, 0.6) is 0 Å². The molecule has 0 bridgehead atoms. The molecule has 0 fully saturated rings. The number of carbonyl (C=O) groups excluding carboxylic acids is 2. The van der Waals surface area contributed by atoms with Gasteiger partial charge in [0.05, 0.1) is 12.8 Å². The van der Waals surface area contributed by atoms with Crippen LogP contribution >= 0.6 is 0 Å². The number of aliphatic carboxylic acids is 2. The highest BCUT2D eigenvalue weighted by atomic mass is 16.4. The van der Waals surface area contributed by atoms with Crippen molar-refractivity contribution in [3.8, 4) is 11.1 Å². The summed E-state index contributed by atoms with van der Waals surface area (Å²) in [5.41, 5.74) is 2.61. The van der Waals surface area contributed by atoms with Gasteiger partial charge in [0.15, 0.2) is 11.6 Å². The SMILES string of the molecule is O=C(O)CCC(=O)c1ccc(-c2ccc(C(=O)CCC(=O)O)cc2)cc1. The molecule has 2 aromatic carbocycles. The lowest BCUT2D eigenvalue weighted by molar-refractivity contribution is -0.137. The molecule has 134 valence electrons. The molecule has 0 aromatic heterocycles. The quantitative estimate of drug-likeness (QED) is 0.668. The average Bonchev–Trinajstić information content (AvgIpc) is 2.64. The van der Waals surface area contributed by atoms with Crippen LogP contribution in [0.15, 0.2) is 48.5 Å². The third-order valence-electron chi connectivity index (χ3n) is 3.88. The van der Waals surface area contributed by atoms with Gasteiger partial charge in [-0.15, -0.1) is 0 Å². The number of rotatable bonds is 9. The van der Waals surface area contributed by atoms with E-state index >= 15 is 0 Å². The molecule has 6 heteroatoms. The minimum atomic E-state index is -1.01. The van der Waals surface area contributed by atoms with E-state index in [2.05, 4.69) is 0 Å². The van der Waals surface area contributed by atoms with Crippen LogP contribution in [0, 0.1) is 0 Å². The predicted molar refractivity (Wildman–Crippen MR) is 94.3 cm³/mol. The van der Waals surface area contributed by atoms with Crippen LogP contribution in [0.1, 0.15) is 46.4 Å². The van der Waals surface area contributed by atoms with Gasteiger partial charge in [-0.05, 0) is 11.1 Å². The molecular formula is C20H18O6. The molecule has 0 spiro atoms. The summed E-state index contributed by atoms with van der Waals surface area (Å²) < 4.78 is 0. The van der Waals surface area contributed by atoms with E-state index in [1.807, 2.05) is 0 Å². The minimum Gasteiger partial charge on any atom is -0.481 e. The average molecular weight is 354 g/mol. The molecule has 0 heterocycles. The van der Waals surface area contributed by atoms with Crippen molar-refractivity contribution in [1.82, 2.24) is 0 Å². The van der Waals surface area contributed by atoms with Crippen LogP contribution in [0.4, 0.5) is 0 Å². The lowest BCUT2D eigenvalue weighted by Gasteiger charge is -2.05. The van der Waals surface area contributed by atoms with Gasteiger partial charge < -0.3 is 10.2 Å². The van der Waals surface area contributed by atoms with Gasteiger partial charge in [0.2, 0.25) is 0 Å². The normalized spacial score (nSPS) is 10.3. The molecule has 0 aliphatic rings. The molecule has 0 saturated heterocycles. The van der Waals surface area contributed by atoms with Crippen LogP contribution in [-0.2, 0) is 9.59 Å². The Balaban J connectivity index is 2.05. The Morgan fingerprint density at radius 2 is 0.846 bits per heavy atom. The molecule has 0 amide bonds. The van der Waals surface area contributed by atoms with Gasteiger partial charge in [-0.2, -0.15) is 0 Å². The molecule has 0 unspecified atom stereocenters. The second kappa shape index (κ2) is 8.71. The Labute approximate surface area is 150 Å². The van der Waals surface area contributed by atoms with Crippen molar-refractivity contribution in [1.29, 1.82) is 0 Å². The summed E-state index contributed by atoms with van der Waals surface area (Å²) in [5, 5.41) is 17.2. The molecule has 0 aliphatic carbocycles. The van der Waals surface area contributed by atoms with Crippen molar-refractivity contribution in [3.05, 3.63) is 59.7 Å². The minimum absolute atomic E-state index is 0.0398. The number of carbonyl (C=O) groups is 4. The number of hydrogen-bond acceptors (Lipinski definition) is 4. The third kappa shape index (κ3) is 5.37. The van der Waals surface area contributed by atoms with Crippen molar-refractivity contribution < 1.29 is 29.4 Å². The lowest BCUT2D eigenvalue weighted by Crippen LogP contribution is -2.04. The fourth-order valence-corrected chi connectivity index (χ4v) is 2.43. The first-order valence-corrected chi connectivity index (χ1v) is 8.07. The van der Waals surface area contributed by atoms with Gasteiger partial charge in [-0.3, -0.25) is 19.2 Å². The molecule has 0 radical (unpaired) electrons. The van der Waals surface area contributed by atoms with E-state index in [1.54, 1.807) is 48.5 Å². The first-order valence-electron chi connectivity index (χ1n) is 8.07. The van der Waals surface area contributed by atoms with E-state index < -0.39 is 11.9 Å². The van der Waals surface area contributed by atoms with Crippen LogP contribution in [0.3, 0.4) is 0 Å². The maximum absolute atomic E-state index is 11.9. The van der Waals surface area contributed by atoms with Gasteiger partial charge >= 0.3 is 11.9 Å². The number of hydrogen-bond donors (Lipinski definition) is 2. The zero-order valence-corrected chi connectivity index (χ0v) is 14.0. The fraction of sp³-hybridized carbons (Fsp3) is 0.200. The highest BCUT2D eigenvalue weighted by molar-refractivity contribution is 5.98. The first-order chi connectivity index (χ1) is 12.4. The lowest BCUT2D eigenvalue weighted by atomic mass is 9.98. The number of Topliss-reactive ketones (excluding diaryl/α,β-unsaturated/α-hetero) is 2. The highest BCUT2D eigenvalue weighted by Gasteiger charge is 2.10. The fourth-order valence-electron chi connectivity index (χ4n) is 2.43. The second-order valence-electron chi connectivity index (χ2n) is 5.79. The number of carboxylic acids is 2. The van der Waals surface area contributed by atoms with E-state index in [0.717, 1.165) is 11.1 Å². The molecular weight excluding hydrogens is 336 g/mol. The molecule has 0 aliphatic heterocycles. The van der Waals surface area contributed by atoms with E-state index in [4.69, 9.17) is 10.2 Å². The standard InChI is InChI=1S/C20H18O6/c21-17(9-11-19(23)24)15-5-1-13(2-6-15)14-3-7-16(8-4-14)18(22)10-12-20(25)26/h1-8H,9-12H2,(H,23,24)(H,25,26). The summed E-state index contributed by atoms with van der Waals surface area (Å²) in [7, 11) is 0. The van der Waals surface area contributed by atoms with Crippen LogP contribution in [-0.4, -0.2) is 33.7 Å². The second-order valence-corrected chi connectivity index (χ2v) is 5.79. The molecule has 0 atom stereocenters. The van der Waals surface area contributed by atoms with Crippen molar-refractivity contribution in [2.45, 2.75) is 25.7 Å². The smallest absolute Gasteiger partial charge is 0.303 e. The van der Waals surface area contributed by atoms with E-state index in [0.29, 0.717) is 11.1 Å². The topological polar surface area (TPSA) is 109 Å². The van der Waals surface area contributed by atoms with Crippen LogP contribution in [0.25, 0.3) is 11.1 Å². The van der Waals surface area contributed by atoms with Crippen molar-refractivity contribution in [3.63, 3.8) is 0 Å². The monoisotopic (exact) mass is 354 g/mol. The summed E-state index contributed by atoms with van der Waals surface area (Å²) in [6.45, 7) is 0. The number of ketones is 2. The van der Waals surface area contributed by atoms with Gasteiger partial charge in [-0.1, -0.05) is 48.5 Å². The first kappa shape index (κ1) is 19.1. The van der Waals surface area contributed by atoms with Gasteiger partial charge in [0.1, 0.15) is 0 Å². The van der Waals surface area contributed by atoms with Crippen molar-refractivity contribution in [2.24, 2.45) is 0 Å². The van der Waals surface area contributed by atoms with Crippen LogP contribution < -0.4 is 0 Å². The molecule has 0 saturated carbocycles. The van der Waals surface area contributed by atoms with Gasteiger partial charge in [0.25, 0.3) is 0 Å². The third-order valence-corrected chi connectivity index (χ3v) is 3.88. The zero-order valence-electron chi connectivity index (χ0n) is 14.0. The Morgan fingerprint density at radius 3 is 1.12 bits per heavy atom. The molecule has 2 N–H and O–H groups in total. The van der Waals surface area contributed by atoms with E-state index in [-0.39, 0.29) is 37.2 Å². The number of benzene rings is 2. The predicted octanol–water partition coefficient (Wildman–Crippen LogP) is 3.45. The molecule has 26 heavy (non-hydrogen) atoms. The Kier molecular flexibility index (Phi) is 6.38. The maximum atomic E-state index is 11.9. The van der Waals surface area contributed by atoms with Crippen molar-refractivity contribution >= 4 is 23.5 Å². The Bertz CT molecular complexity index is 747. The van der Waals surface area contributed by atoms with Gasteiger partial charge in [-0.25, -0.2) is 0 Å². The summed E-state index contributed by atoms with van der Waals surface area (Å²) in [5.74, 6) is -2.46. The summed E-state index contributed by atoms with van der Waals surface area (Å²) in [4.78, 5) is 44.8. The van der Waals surface area contributed by atoms with Crippen molar-refractivity contribution in [2.75, 3.05) is 0 Å². The highest BCUT2D eigenvalue weighted by Crippen LogP contribution is 2.21. The molecule has 2 aromatic rings. The largest absolute Gasteiger partial charge is 0.481 e.